The van der Waals surface area contributed by atoms with Gasteiger partial charge in [-0.2, -0.15) is 0 Å². The van der Waals surface area contributed by atoms with E-state index in [1.165, 1.54) is 72.3 Å². The van der Waals surface area contributed by atoms with Gasteiger partial charge in [0.25, 0.3) is 0 Å². The predicted octanol–water partition coefficient (Wildman–Crippen LogP) is 12.6. The molecule has 3 aliphatic rings. The Labute approximate surface area is 309 Å². The Morgan fingerprint density at radius 3 is 1.11 bits per heavy atom. The Hall–Kier alpha value is -6.57. The van der Waals surface area contributed by atoms with Gasteiger partial charge in [-0.05, 0) is 132 Å². The standard InChI is InChI=1S/C52H34O/c53-52(32-13-2-1-3-14-32)51-49(44-25-11-23-42-38-19-8-5-16-34(38)28-47(42)44)30-36(40-21-10-22-41-37-18-7-4-15-33(37)27-46(40)41)31-50(51)45-26-12-24-43-39-20-9-6-17-35(39)29-48(43)45/h1-26,30-31H,27-29H2. The molecule has 0 aromatic heterocycles. The zero-order chi connectivity index (χ0) is 35.0. The van der Waals surface area contributed by atoms with E-state index in [0.29, 0.717) is 5.56 Å². The topological polar surface area (TPSA) is 17.1 Å². The highest BCUT2D eigenvalue weighted by atomic mass is 16.1. The van der Waals surface area contributed by atoms with Crippen LogP contribution in [0.1, 0.15) is 49.3 Å². The largest absolute Gasteiger partial charge is 0.289 e. The molecule has 0 fully saturated rings. The van der Waals surface area contributed by atoms with Gasteiger partial charge in [0.2, 0.25) is 0 Å². The maximum atomic E-state index is 15.3. The molecule has 0 atom stereocenters. The van der Waals surface area contributed by atoms with Crippen LogP contribution in [0.15, 0.2) is 170 Å². The lowest BCUT2D eigenvalue weighted by Gasteiger charge is -2.22. The quantitative estimate of drug-likeness (QED) is 0.166. The SMILES string of the molecule is O=C(c1ccccc1)c1c(-c2cccc3c2Cc2ccccc2-3)cc(-c2cccc3c2Cc2ccccc2-3)cc1-c1cccc2c1Cc1ccccc1-2. The molecule has 0 unspecified atom stereocenters. The molecule has 0 radical (unpaired) electrons. The Kier molecular flexibility index (Phi) is 6.66. The van der Waals surface area contributed by atoms with Crippen molar-refractivity contribution in [1.82, 2.24) is 0 Å². The summed E-state index contributed by atoms with van der Waals surface area (Å²) in [7, 11) is 0. The van der Waals surface area contributed by atoms with Crippen LogP contribution in [0.3, 0.4) is 0 Å². The molecule has 0 heterocycles. The second-order valence-electron chi connectivity index (χ2n) is 14.6. The molecular formula is C52H34O. The Bertz CT molecular complexity index is 2700. The molecule has 8 aromatic carbocycles. The number of ketones is 1. The minimum Gasteiger partial charge on any atom is -0.289 e. The van der Waals surface area contributed by atoms with Crippen molar-refractivity contribution in [3.05, 3.63) is 214 Å². The molecule has 8 aromatic rings. The summed E-state index contributed by atoms with van der Waals surface area (Å²) in [6.45, 7) is 0. The highest BCUT2D eigenvalue weighted by molar-refractivity contribution is 6.18. The fraction of sp³-hybridized carbons (Fsp3) is 0.0577. The van der Waals surface area contributed by atoms with Crippen LogP contribution in [0, 0.1) is 0 Å². The molecule has 0 saturated carbocycles. The number of benzene rings is 8. The van der Waals surface area contributed by atoms with Gasteiger partial charge in [0, 0.05) is 11.1 Å². The summed E-state index contributed by atoms with van der Waals surface area (Å²) in [5.41, 5.74) is 23.8. The number of hydrogen-bond donors (Lipinski definition) is 0. The molecule has 53 heavy (non-hydrogen) atoms. The maximum Gasteiger partial charge on any atom is 0.194 e. The zero-order valence-corrected chi connectivity index (χ0v) is 29.2. The lowest BCUT2D eigenvalue weighted by Crippen LogP contribution is -2.08. The lowest BCUT2D eigenvalue weighted by atomic mass is 9.80. The minimum absolute atomic E-state index is 0.0501. The first-order valence-electron chi connectivity index (χ1n) is 18.6. The number of carbonyl (C=O) groups is 1. The van der Waals surface area contributed by atoms with Crippen molar-refractivity contribution < 1.29 is 4.79 Å². The van der Waals surface area contributed by atoms with Crippen LogP contribution in [-0.2, 0) is 19.3 Å². The molecule has 1 nitrogen and oxygen atoms in total. The van der Waals surface area contributed by atoms with E-state index in [1.807, 2.05) is 30.3 Å². The van der Waals surface area contributed by atoms with Crippen molar-refractivity contribution in [3.63, 3.8) is 0 Å². The average molecular weight is 675 g/mol. The summed E-state index contributed by atoms with van der Waals surface area (Å²) in [5, 5.41) is 0. The third kappa shape index (κ3) is 4.60. The molecule has 11 rings (SSSR count). The molecule has 0 spiro atoms. The van der Waals surface area contributed by atoms with Gasteiger partial charge < -0.3 is 0 Å². The van der Waals surface area contributed by atoms with Crippen molar-refractivity contribution in [2.75, 3.05) is 0 Å². The van der Waals surface area contributed by atoms with E-state index in [9.17, 15) is 0 Å². The van der Waals surface area contributed by atoms with Crippen molar-refractivity contribution >= 4 is 5.78 Å². The first-order valence-corrected chi connectivity index (χ1v) is 18.6. The monoisotopic (exact) mass is 674 g/mol. The first kappa shape index (κ1) is 30.1. The summed E-state index contributed by atoms with van der Waals surface area (Å²) >= 11 is 0. The normalized spacial score (nSPS) is 12.8. The molecule has 0 bridgehead atoms. The third-order valence-electron chi connectivity index (χ3n) is 11.8. The van der Waals surface area contributed by atoms with E-state index < -0.39 is 0 Å². The molecule has 248 valence electrons. The summed E-state index contributed by atoms with van der Waals surface area (Å²) in [5.74, 6) is 0.0501. The Balaban J connectivity index is 1.23. The van der Waals surface area contributed by atoms with Crippen LogP contribution in [0.2, 0.25) is 0 Å². The highest BCUT2D eigenvalue weighted by Gasteiger charge is 2.30. The maximum absolute atomic E-state index is 15.3. The van der Waals surface area contributed by atoms with E-state index >= 15 is 4.79 Å². The van der Waals surface area contributed by atoms with Gasteiger partial charge in [0.05, 0.1) is 0 Å². The number of rotatable bonds is 5. The number of hydrogen-bond acceptors (Lipinski definition) is 1. The van der Waals surface area contributed by atoms with E-state index in [2.05, 4.69) is 140 Å². The summed E-state index contributed by atoms with van der Waals surface area (Å²) in [6, 6.07) is 60.9. The van der Waals surface area contributed by atoms with Crippen molar-refractivity contribution in [1.29, 1.82) is 0 Å². The van der Waals surface area contributed by atoms with Gasteiger partial charge in [-0.25, -0.2) is 0 Å². The predicted molar refractivity (Wildman–Crippen MR) is 217 cm³/mol. The van der Waals surface area contributed by atoms with E-state index in [-0.39, 0.29) is 5.78 Å². The molecule has 0 amide bonds. The van der Waals surface area contributed by atoms with Crippen molar-refractivity contribution in [3.8, 4) is 66.8 Å². The lowest BCUT2D eigenvalue weighted by molar-refractivity contribution is 0.104. The van der Waals surface area contributed by atoms with Gasteiger partial charge in [-0.1, -0.05) is 158 Å². The molecule has 0 aliphatic heterocycles. The van der Waals surface area contributed by atoms with Crippen LogP contribution < -0.4 is 0 Å². The van der Waals surface area contributed by atoms with Gasteiger partial charge >= 0.3 is 0 Å². The molecule has 3 aliphatic carbocycles. The Morgan fingerprint density at radius 2 is 0.660 bits per heavy atom. The van der Waals surface area contributed by atoms with E-state index in [0.717, 1.165) is 52.6 Å². The number of fused-ring (bicyclic) bond motifs is 9. The molecule has 0 N–H and O–H groups in total. The van der Waals surface area contributed by atoms with E-state index in [1.54, 1.807) is 0 Å². The summed E-state index contributed by atoms with van der Waals surface area (Å²) in [6.07, 6.45) is 2.57. The average Bonchev–Trinajstić information content (AvgIpc) is 3.92. The summed E-state index contributed by atoms with van der Waals surface area (Å²) in [4.78, 5) is 15.3. The third-order valence-corrected chi connectivity index (χ3v) is 11.8. The van der Waals surface area contributed by atoms with E-state index in [4.69, 9.17) is 0 Å². The van der Waals surface area contributed by atoms with Crippen molar-refractivity contribution in [2.45, 2.75) is 19.3 Å². The molecule has 1 heteroatoms. The first-order chi connectivity index (χ1) is 26.2. The van der Waals surface area contributed by atoms with Gasteiger partial charge in [0.1, 0.15) is 0 Å². The van der Waals surface area contributed by atoms with Crippen molar-refractivity contribution in [2.24, 2.45) is 0 Å². The highest BCUT2D eigenvalue weighted by Crippen LogP contribution is 2.49. The fourth-order valence-corrected chi connectivity index (χ4v) is 9.45. The minimum atomic E-state index is 0.0501. The Morgan fingerprint density at radius 1 is 0.321 bits per heavy atom. The van der Waals surface area contributed by atoms with Crippen LogP contribution in [0.25, 0.3) is 66.8 Å². The van der Waals surface area contributed by atoms with Crippen LogP contribution in [-0.4, -0.2) is 5.78 Å². The summed E-state index contributed by atoms with van der Waals surface area (Å²) < 4.78 is 0. The van der Waals surface area contributed by atoms with Gasteiger partial charge in [-0.3, -0.25) is 4.79 Å². The van der Waals surface area contributed by atoms with Crippen LogP contribution in [0.5, 0.6) is 0 Å². The molecule has 0 saturated heterocycles. The number of carbonyl (C=O) groups excluding carboxylic acids is 1. The zero-order valence-electron chi connectivity index (χ0n) is 29.2. The van der Waals surface area contributed by atoms with Crippen LogP contribution in [0.4, 0.5) is 0 Å². The van der Waals surface area contributed by atoms with Gasteiger partial charge in [-0.15, -0.1) is 0 Å². The molecular weight excluding hydrogens is 641 g/mol. The van der Waals surface area contributed by atoms with Gasteiger partial charge in [0.15, 0.2) is 5.78 Å². The van der Waals surface area contributed by atoms with Crippen LogP contribution >= 0.6 is 0 Å². The smallest absolute Gasteiger partial charge is 0.194 e. The fourth-order valence-electron chi connectivity index (χ4n) is 9.45. The second kappa shape index (κ2) is 11.7. The second-order valence-corrected chi connectivity index (χ2v) is 14.6.